The van der Waals surface area contributed by atoms with E-state index >= 15 is 0 Å². The highest BCUT2D eigenvalue weighted by Gasteiger charge is 2.21. The van der Waals surface area contributed by atoms with Crippen LogP contribution in [0.1, 0.15) is 30.3 Å². The maximum atomic E-state index is 5.90. The Morgan fingerprint density at radius 2 is 1.95 bits per heavy atom. The summed E-state index contributed by atoms with van der Waals surface area (Å²) in [6.45, 7) is 11.7. The lowest BCUT2D eigenvalue weighted by Crippen LogP contribution is -2.47. The van der Waals surface area contributed by atoms with Crippen LogP contribution in [0.15, 0.2) is 6.07 Å². The Labute approximate surface area is 127 Å². The van der Waals surface area contributed by atoms with Gasteiger partial charge in [-0.15, -0.1) is 0 Å². The summed E-state index contributed by atoms with van der Waals surface area (Å²) in [5, 5.41) is 0. The van der Waals surface area contributed by atoms with Gasteiger partial charge in [0.2, 0.25) is 0 Å². The molecular weight excluding hydrogens is 268 g/mol. The number of piperazine rings is 1. The smallest absolute Gasteiger partial charge is 0.107 e. The first-order chi connectivity index (χ1) is 9.52. The first-order valence-corrected chi connectivity index (χ1v) is 7.69. The van der Waals surface area contributed by atoms with Crippen molar-refractivity contribution < 1.29 is 0 Å². The molecule has 0 aromatic carbocycles. The molecule has 2 heterocycles. The van der Waals surface area contributed by atoms with E-state index in [1.54, 1.807) is 0 Å². The van der Waals surface area contributed by atoms with E-state index in [-0.39, 0.29) is 0 Å². The molecule has 0 atom stereocenters. The molecule has 1 aromatic rings. The molecule has 20 heavy (non-hydrogen) atoms. The van der Waals surface area contributed by atoms with Gasteiger partial charge in [-0.3, -0.25) is 9.88 Å². The van der Waals surface area contributed by atoms with E-state index in [0.29, 0.717) is 4.99 Å². The molecule has 0 aliphatic carbocycles. The second-order valence-electron chi connectivity index (χ2n) is 5.44. The molecule has 0 bridgehead atoms. The summed E-state index contributed by atoms with van der Waals surface area (Å²) in [5.74, 6) is 0. The fourth-order valence-electron chi connectivity index (χ4n) is 2.89. The van der Waals surface area contributed by atoms with Gasteiger partial charge in [-0.05, 0) is 32.9 Å². The summed E-state index contributed by atoms with van der Waals surface area (Å²) in [4.78, 5) is 9.84. The SMILES string of the molecule is CCCN1CCN(c2cc(C)nc(C)c2C(N)=S)CC1. The Balaban J connectivity index is 2.23. The van der Waals surface area contributed by atoms with E-state index in [4.69, 9.17) is 18.0 Å². The molecule has 2 rings (SSSR count). The lowest BCUT2D eigenvalue weighted by Gasteiger charge is -2.37. The fraction of sp³-hybridized carbons (Fsp3) is 0.600. The molecule has 1 saturated heterocycles. The van der Waals surface area contributed by atoms with Gasteiger partial charge in [0, 0.05) is 37.6 Å². The summed E-state index contributed by atoms with van der Waals surface area (Å²) in [6, 6.07) is 2.11. The van der Waals surface area contributed by atoms with Gasteiger partial charge in [0.25, 0.3) is 0 Å². The number of aryl methyl sites for hydroxylation is 2. The van der Waals surface area contributed by atoms with Crippen LogP contribution in [0, 0.1) is 13.8 Å². The van der Waals surface area contributed by atoms with E-state index in [9.17, 15) is 0 Å². The number of rotatable bonds is 4. The first kappa shape index (κ1) is 15.2. The van der Waals surface area contributed by atoms with Gasteiger partial charge in [-0.2, -0.15) is 0 Å². The third kappa shape index (κ3) is 3.27. The van der Waals surface area contributed by atoms with Crippen LogP contribution in [0.2, 0.25) is 0 Å². The number of nitrogens with zero attached hydrogens (tertiary/aromatic N) is 3. The third-order valence-electron chi connectivity index (χ3n) is 3.81. The van der Waals surface area contributed by atoms with E-state index in [1.165, 1.54) is 13.0 Å². The molecule has 2 N–H and O–H groups in total. The minimum atomic E-state index is 0.445. The third-order valence-corrected chi connectivity index (χ3v) is 4.01. The van der Waals surface area contributed by atoms with Crippen molar-refractivity contribution in [1.82, 2.24) is 9.88 Å². The summed E-state index contributed by atoms with van der Waals surface area (Å²) in [7, 11) is 0. The number of aromatic nitrogens is 1. The van der Waals surface area contributed by atoms with Crippen molar-refractivity contribution >= 4 is 22.9 Å². The van der Waals surface area contributed by atoms with Gasteiger partial charge in [-0.25, -0.2) is 0 Å². The zero-order valence-electron chi connectivity index (χ0n) is 12.6. The summed E-state index contributed by atoms with van der Waals surface area (Å²) in [6.07, 6.45) is 1.21. The van der Waals surface area contributed by atoms with Crippen molar-refractivity contribution in [3.63, 3.8) is 0 Å². The highest BCUT2D eigenvalue weighted by atomic mass is 32.1. The molecule has 4 nitrogen and oxygen atoms in total. The molecule has 0 saturated carbocycles. The van der Waals surface area contributed by atoms with Crippen molar-refractivity contribution in [2.45, 2.75) is 27.2 Å². The van der Waals surface area contributed by atoms with Crippen LogP contribution in [0.5, 0.6) is 0 Å². The van der Waals surface area contributed by atoms with Crippen LogP contribution in [0.3, 0.4) is 0 Å². The number of anilines is 1. The van der Waals surface area contributed by atoms with Gasteiger partial charge >= 0.3 is 0 Å². The number of pyridine rings is 1. The molecule has 0 unspecified atom stereocenters. The molecular formula is C15H24N4S. The minimum absolute atomic E-state index is 0.445. The van der Waals surface area contributed by atoms with Crippen molar-refractivity contribution in [2.24, 2.45) is 5.73 Å². The summed E-state index contributed by atoms with van der Waals surface area (Å²) in [5.41, 5.74) is 9.95. The van der Waals surface area contributed by atoms with Crippen molar-refractivity contribution in [3.05, 3.63) is 23.0 Å². The molecule has 1 fully saturated rings. The van der Waals surface area contributed by atoms with Crippen molar-refractivity contribution in [1.29, 1.82) is 0 Å². The van der Waals surface area contributed by atoms with E-state index < -0.39 is 0 Å². The van der Waals surface area contributed by atoms with Crippen LogP contribution in [-0.4, -0.2) is 47.6 Å². The van der Waals surface area contributed by atoms with E-state index in [1.807, 2.05) is 13.8 Å². The average molecular weight is 292 g/mol. The molecule has 5 heteroatoms. The first-order valence-electron chi connectivity index (χ1n) is 7.28. The van der Waals surface area contributed by atoms with Crippen LogP contribution in [0.4, 0.5) is 5.69 Å². The standard InChI is InChI=1S/C15H24N4S/c1-4-5-18-6-8-19(9-7-18)13-10-11(2)17-12(3)14(13)15(16)20/h10H,4-9H2,1-3H3,(H2,16,20). The Morgan fingerprint density at radius 1 is 1.30 bits per heavy atom. The fourth-order valence-corrected chi connectivity index (χ4v) is 3.14. The van der Waals surface area contributed by atoms with Crippen LogP contribution in [0.25, 0.3) is 0 Å². The zero-order chi connectivity index (χ0) is 14.7. The number of hydrogen-bond acceptors (Lipinski definition) is 4. The lowest BCUT2D eigenvalue weighted by molar-refractivity contribution is 0.258. The maximum Gasteiger partial charge on any atom is 0.107 e. The predicted molar refractivity (Wildman–Crippen MR) is 88.5 cm³/mol. The predicted octanol–water partition coefficient (Wildman–Crippen LogP) is 1.86. The normalized spacial score (nSPS) is 16.4. The van der Waals surface area contributed by atoms with Crippen molar-refractivity contribution in [2.75, 3.05) is 37.6 Å². The highest BCUT2D eigenvalue weighted by molar-refractivity contribution is 7.80. The molecule has 0 radical (unpaired) electrons. The van der Waals surface area contributed by atoms with Gasteiger partial charge in [0.1, 0.15) is 4.99 Å². The number of nitrogens with two attached hydrogens (primary N) is 1. The van der Waals surface area contributed by atoms with Crippen molar-refractivity contribution in [3.8, 4) is 0 Å². The van der Waals surface area contributed by atoms with Gasteiger partial charge in [-0.1, -0.05) is 19.1 Å². The molecule has 1 aliphatic rings. The topological polar surface area (TPSA) is 45.4 Å². The summed E-state index contributed by atoms with van der Waals surface area (Å²) < 4.78 is 0. The molecule has 110 valence electrons. The quantitative estimate of drug-likeness (QED) is 0.858. The van der Waals surface area contributed by atoms with Gasteiger partial charge in [0.05, 0.1) is 11.3 Å². The monoisotopic (exact) mass is 292 g/mol. The molecule has 0 amide bonds. The van der Waals surface area contributed by atoms with Crippen LogP contribution < -0.4 is 10.6 Å². The number of hydrogen-bond donors (Lipinski definition) is 1. The zero-order valence-corrected chi connectivity index (χ0v) is 13.5. The van der Waals surface area contributed by atoms with E-state index in [0.717, 1.165) is 48.8 Å². The molecule has 0 spiro atoms. The van der Waals surface area contributed by atoms with Gasteiger partial charge in [0.15, 0.2) is 0 Å². The highest BCUT2D eigenvalue weighted by Crippen LogP contribution is 2.25. The Hall–Kier alpha value is -1.20. The second-order valence-corrected chi connectivity index (χ2v) is 5.88. The molecule has 1 aliphatic heterocycles. The van der Waals surface area contributed by atoms with Crippen LogP contribution >= 0.6 is 12.2 Å². The summed E-state index contributed by atoms with van der Waals surface area (Å²) >= 11 is 5.22. The Kier molecular flexibility index (Phi) is 4.94. The average Bonchev–Trinajstić information content (AvgIpc) is 2.38. The Morgan fingerprint density at radius 3 is 2.50 bits per heavy atom. The lowest BCUT2D eigenvalue weighted by atomic mass is 10.1. The Bertz CT molecular complexity index is 493. The number of thiocarbonyl (C=S) groups is 1. The minimum Gasteiger partial charge on any atom is -0.389 e. The molecule has 1 aromatic heterocycles. The van der Waals surface area contributed by atoms with Crippen LogP contribution in [-0.2, 0) is 0 Å². The second kappa shape index (κ2) is 6.50. The van der Waals surface area contributed by atoms with Gasteiger partial charge < -0.3 is 10.6 Å². The largest absolute Gasteiger partial charge is 0.389 e. The van der Waals surface area contributed by atoms with E-state index in [2.05, 4.69) is 27.8 Å². The maximum absolute atomic E-state index is 5.90.